The van der Waals surface area contributed by atoms with E-state index in [9.17, 15) is 4.79 Å². The lowest BCUT2D eigenvalue weighted by atomic mass is 10.1. The van der Waals surface area contributed by atoms with Crippen LogP contribution in [0.15, 0.2) is 18.2 Å². The molecule has 2 aromatic rings. The largest absolute Gasteiger partial charge is 0.481 e. The van der Waals surface area contributed by atoms with Crippen molar-refractivity contribution in [1.29, 1.82) is 0 Å². The molecule has 4 nitrogen and oxygen atoms in total. The van der Waals surface area contributed by atoms with Gasteiger partial charge in [0.25, 0.3) is 0 Å². The zero-order valence-electron chi connectivity index (χ0n) is 10.6. The third-order valence-electron chi connectivity index (χ3n) is 3.49. The van der Waals surface area contributed by atoms with Crippen molar-refractivity contribution in [3.8, 4) is 0 Å². The topological polar surface area (TPSA) is 62.2 Å². The predicted octanol–water partition coefficient (Wildman–Crippen LogP) is 3.28. The van der Waals surface area contributed by atoms with Gasteiger partial charge in [0.15, 0.2) is 5.13 Å². The first-order chi connectivity index (χ1) is 9.20. The lowest BCUT2D eigenvalue weighted by molar-refractivity contribution is -0.136. The van der Waals surface area contributed by atoms with E-state index in [4.69, 9.17) is 5.11 Å². The highest BCUT2D eigenvalue weighted by molar-refractivity contribution is 7.22. The van der Waals surface area contributed by atoms with Gasteiger partial charge in [0, 0.05) is 6.04 Å². The second-order valence-electron chi connectivity index (χ2n) is 5.02. The first kappa shape index (κ1) is 12.4. The molecule has 0 saturated heterocycles. The second-order valence-corrected chi connectivity index (χ2v) is 6.05. The van der Waals surface area contributed by atoms with Crippen molar-refractivity contribution < 1.29 is 9.90 Å². The Morgan fingerprint density at radius 2 is 2.21 bits per heavy atom. The van der Waals surface area contributed by atoms with Crippen molar-refractivity contribution in [3.05, 3.63) is 23.8 Å². The highest BCUT2D eigenvalue weighted by atomic mass is 32.1. The third kappa shape index (κ3) is 2.87. The predicted molar refractivity (Wildman–Crippen MR) is 76.8 cm³/mol. The van der Waals surface area contributed by atoms with Gasteiger partial charge in [-0.1, -0.05) is 30.2 Å². The molecule has 0 amide bonds. The zero-order valence-corrected chi connectivity index (χ0v) is 11.4. The lowest BCUT2D eigenvalue weighted by Gasteiger charge is -2.09. The number of benzene rings is 1. The van der Waals surface area contributed by atoms with Crippen LogP contribution < -0.4 is 5.32 Å². The van der Waals surface area contributed by atoms with Gasteiger partial charge in [-0.25, -0.2) is 4.98 Å². The number of aromatic nitrogens is 1. The van der Waals surface area contributed by atoms with Gasteiger partial charge in [-0.3, -0.25) is 4.79 Å². The molecule has 0 radical (unpaired) electrons. The summed E-state index contributed by atoms with van der Waals surface area (Å²) in [6.45, 7) is 0. The highest BCUT2D eigenvalue weighted by Crippen LogP contribution is 2.30. The van der Waals surface area contributed by atoms with Crippen molar-refractivity contribution in [1.82, 2.24) is 4.98 Å². The van der Waals surface area contributed by atoms with E-state index in [-0.39, 0.29) is 6.42 Å². The molecule has 1 fully saturated rings. The molecule has 5 heteroatoms. The molecule has 1 heterocycles. The summed E-state index contributed by atoms with van der Waals surface area (Å²) in [6.07, 6.45) is 5.11. The van der Waals surface area contributed by atoms with Gasteiger partial charge in [-0.2, -0.15) is 0 Å². The average Bonchev–Trinajstić information content (AvgIpc) is 2.97. The molecular weight excluding hydrogens is 260 g/mol. The van der Waals surface area contributed by atoms with Crippen molar-refractivity contribution in [2.75, 3.05) is 5.32 Å². The molecular formula is C14H16N2O2S. The van der Waals surface area contributed by atoms with Gasteiger partial charge in [0.05, 0.1) is 16.6 Å². The van der Waals surface area contributed by atoms with Crippen LogP contribution in [0.25, 0.3) is 10.2 Å². The minimum Gasteiger partial charge on any atom is -0.481 e. The third-order valence-corrected chi connectivity index (χ3v) is 4.44. The van der Waals surface area contributed by atoms with Crippen LogP contribution in [0, 0.1) is 0 Å². The fourth-order valence-electron chi connectivity index (χ4n) is 2.56. The summed E-state index contributed by atoms with van der Waals surface area (Å²) in [5.74, 6) is -0.798. The number of nitrogens with one attached hydrogen (secondary N) is 1. The van der Waals surface area contributed by atoms with Crippen molar-refractivity contribution >= 4 is 32.7 Å². The first-order valence-corrected chi connectivity index (χ1v) is 7.40. The molecule has 1 aromatic heterocycles. The number of nitrogens with zero attached hydrogens (tertiary/aromatic N) is 1. The zero-order chi connectivity index (χ0) is 13.2. The molecule has 19 heavy (non-hydrogen) atoms. The van der Waals surface area contributed by atoms with Gasteiger partial charge >= 0.3 is 5.97 Å². The van der Waals surface area contributed by atoms with Crippen LogP contribution in [0.2, 0.25) is 0 Å². The Labute approximate surface area is 115 Å². The Morgan fingerprint density at radius 1 is 1.42 bits per heavy atom. The maximum absolute atomic E-state index is 10.7. The Balaban J connectivity index is 1.81. The van der Waals surface area contributed by atoms with E-state index in [0.29, 0.717) is 6.04 Å². The van der Waals surface area contributed by atoms with Gasteiger partial charge < -0.3 is 10.4 Å². The number of hydrogen-bond acceptors (Lipinski definition) is 4. The number of carbonyl (C=O) groups is 1. The fraction of sp³-hybridized carbons (Fsp3) is 0.429. The van der Waals surface area contributed by atoms with Crippen LogP contribution in [0.1, 0.15) is 31.2 Å². The lowest BCUT2D eigenvalue weighted by Crippen LogP contribution is -2.13. The Kier molecular flexibility index (Phi) is 3.38. The number of rotatable bonds is 4. The molecule has 1 aliphatic carbocycles. The number of anilines is 1. The normalized spacial score (nSPS) is 16.0. The standard InChI is InChI=1S/C14H16N2O2S/c17-13(18)8-9-5-6-11-12(7-9)19-14(16-11)15-10-3-1-2-4-10/h5-7,10H,1-4,8H2,(H,15,16)(H,17,18). The van der Waals surface area contributed by atoms with E-state index in [2.05, 4.69) is 10.3 Å². The van der Waals surface area contributed by atoms with E-state index in [1.807, 2.05) is 18.2 Å². The summed E-state index contributed by atoms with van der Waals surface area (Å²) >= 11 is 1.61. The molecule has 1 aromatic carbocycles. The van der Waals surface area contributed by atoms with E-state index in [0.717, 1.165) is 20.9 Å². The van der Waals surface area contributed by atoms with Crippen LogP contribution in [-0.4, -0.2) is 22.1 Å². The quantitative estimate of drug-likeness (QED) is 0.899. The first-order valence-electron chi connectivity index (χ1n) is 6.58. The van der Waals surface area contributed by atoms with Gasteiger partial charge in [0.1, 0.15) is 0 Å². The summed E-state index contributed by atoms with van der Waals surface area (Å²) in [5.41, 5.74) is 1.77. The van der Waals surface area contributed by atoms with Crippen LogP contribution in [-0.2, 0) is 11.2 Å². The molecule has 100 valence electrons. The van der Waals surface area contributed by atoms with E-state index in [1.165, 1.54) is 25.7 Å². The number of carboxylic acids is 1. The molecule has 2 N–H and O–H groups in total. The van der Waals surface area contributed by atoms with Crippen molar-refractivity contribution in [2.24, 2.45) is 0 Å². The minimum atomic E-state index is -0.798. The summed E-state index contributed by atoms with van der Waals surface area (Å²) < 4.78 is 1.05. The molecule has 0 spiro atoms. The SMILES string of the molecule is O=C(O)Cc1ccc2nc(NC3CCCC3)sc2c1. The molecule has 1 aliphatic rings. The smallest absolute Gasteiger partial charge is 0.307 e. The number of hydrogen-bond donors (Lipinski definition) is 2. The number of carboxylic acid groups (broad SMARTS) is 1. The monoisotopic (exact) mass is 276 g/mol. The van der Waals surface area contributed by atoms with Gasteiger partial charge in [0.2, 0.25) is 0 Å². The molecule has 1 saturated carbocycles. The summed E-state index contributed by atoms with van der Waals surface area (Å²) in [7, 11) is 0. The Morgan fingerprint density at radius 3 is 2.95 bits per heavy atom. The summed E-state index contributed by atoms with van der Waals surface area (Å²) in [4.78, 5) is 15.3. The van der Waals surface area contributed by atoms with Crippen molar-refractivity contribution in [3.63, 3.8) is 0 Å². The molecule has 3 rings (SSSR count). The van der Waals surface area contributed by atoms with E-state index >= 15 is 0 Å². The Hall–Kier alpha value is -1.62. The number of aliphatic carboxylic acids is 1. The Bertz CT molecular complexity index is 603. The summed E-state index contributed by atoms with van der Waals surface area (Å²) in [6, 6.07) is 6.24. The van der Waals surface area contributed by atoms with Crippen LogP contribution >= 0.6 is 11.3 Å². The van der Waals surface area contributed by atoms with E-state index in [1.54, 1.807) is 11.3 Å². The fourth-order valence-corrected chi connectivity index (χ4v) is 3.57. The minimum absolute atomic E-state index is 0.0687. The van der Waals surface area contributed by atoms with Crippen LogP contribution in [0.5, 0.6) is 0 Å². The van der Waals surface area contributed by atoms with Crippen molar-refractivity contribution in [2.45, 2.75) is 38.1 Å². The van der Waals surface area contributed by atoms with Gasteiger partial charge in [-0.15, -0.1) is 0 Å². The van der Waals surface area contributed by atoms with Crippen LogP contribution in [0.3, 0.4) is 0 Å². The number of fused-ring (bicyclic) bond motifs is 1. The molecule has 0 unspecified atom stereocenters. The average molecular weight is 276 g/mol. The highest BCUT2D eigenvalue weighted by Gasteiger charge is 2.16. The maximum atomic E-state index is 10.7. The second kappa shape index (κ2) is 5.17. The molecule has 0 atom stereocenters. The maximum Gasteiger partial charge on any atom is 0.307 e. The van der Waals surface area contributed by atoms with E-state index < -0.39 is 5.97 Å². The van der Waals surface area contributed by atoms with Crippen LogP contribution in [0.4, 0.5) is 5.13 Å². The number of thiazole rings is 1. The molecule has 0 bridgehead atoms. The van der Waals surface area contributed by atoms with Gasteiger partial charge in [-0.05, 0) is 30.5 Å². The summed E-state index contributed by atoms with van der Waals surface area (Å²) in [5, 5.41) is 13.2. The molecule has 0 aliphatic heterocycles.